The number of imidazole rings is 1. The van der Waals surface area contributed by atoms with Crippen LogP contribution in [0.3, 0.4) is 0 Å². The van der Waals surface area contributed by atoms with Crippen LogP contribution in [-0.2, 0) is 16.1 Å². The van der Waals surface area contributed by atoms with Crippen LogP contribution in [0.15, 0.2) is 12.4 Å². The number of carbonyl (C=O) groups is 2. The molecule has 0 aliphatic carbocycles. The molecule has 0 bridgehead atoms. The van der Waals surface area contributed by atoms with Gasteiger partial charge in [0, 0.05) is 51.0 Å². The first-order valence-electron chi connectivity index (χ1n) is 7.70. The lowest BCUT2D eigenvalue weighted by atomic mass is 10.1. The number of amides is 2. The van der Waals surface area contributed by atoms with Crippen LogP contribution in [-0.4, -0.2) is 62.9 Å². The van der Waals surface area contributed by atoms with Crippen molar-refractivity contribution in [2.45, 2.75) is 45.8 Å². The molecule has 1 atom stereocenters. The number of hydrogen-bond acceptors (Lipinski definition) is 4. The fraction of sp³-hybridized carbons (Fsp3) is 0.667. The van der Waals surface area contributed by atoms with E-state index >= 15 is 0 Å². The Morgan fingerprint density at radius 2 is 2.14 bits per heavy atom. The minimum Gasteiger partial charge on any atom is -0.368 e. The van der Waals surface area contributed by atoms with Crippen molar-refractivity contribution in [2.24, 2.45) is 5.73 Å². The van der Waals surface area contributed by atoms with Gasteiger partial charge in [-0.2, -0.15) is 0 Å². The van der Waals surface area contributed by atoms with Crippen LogP contribution in [0.4, 0.5) is 0 Å². The molecule has 0 aromatic carbocycles. The zero-order valence-electron chi connectivity index (χ0n) is 13.5. The van der Waals surface area contributed by atoms with Gasteiger partial charge < -0.3 is 15.2 Å². The molecule has 2 rings (SSSR count). The van der Waals surface area contributed by atoms with Gasteiger partial charge in [0.2, 0.25) is 11.8 Å². The van der Waals surface area contributed by atoms with Gasteiger partial charge in [0.25, 0.3) is 0 Å². The van der Waals surface area contributed by atoms with Crippen molar-refractivity contribution in [3.8, 4) is 0 Å². The second-order valence-electron chi connectivity index (χ2n) is 6.01. The second kappa shape index (κ2) is 6.91. The van der Waals surface area contributed by atoms with E-state index in [1.807, 2.05) is 31.5 Å². The third-order valence-corrected chi connectivity index (χ3v) is 4.26. The SMILES string of the molecule is Cc1nccn1CCC(=O)N1CCN(C(C)C)[C@@H](C(N)=O)C1. The van der Waals surface area contributed by atoms with E-state index in [-0.39, 0.29) is 17.9 Å². The van der Waals surface area contributed by atoms with Crippen LogP contribution in [0.25, 0.3) is 0 Å². The maximum absolute atomic E-state index is 12.4. The van der Waals surface area contributed by atoms with Gasteiger partial charge in [-0.25, -0.2) is 4.98 Å². The van der Waals surface area contributed by atoms with Gasteiger partial charge in [-0.3, -0.25) is 14.5 Å². The summed E-state index contributed by atoms with van der Waals surface area (Å²) in [6.07, 6.45) is 4.00. The standard InChI is InChI=1S/C15H25N5O2/c1-11(2)20-9-8-19(10-13(20)15(16)22)14(21)4-6-18-7-5-17-12(18)3/h5,7,11,13H,4,6,8-10H2,1-3H3,(H2,16,22)/t13-/m1/s1. The number of nitrogens with zero attached hydrogens (tertiary/aromatic N) is 4. The van der Waals surface area contributed by atoms with Gasteiger partial charge in [0.05, 0.1) is 0 Å². The Balaban J connectivity index is 1.93. The summed E-state index contributed by atoms with van der Waals surface area (Å²) >= 11 is 0. The molecule has 1 aromatic heterocycles. The Kier molecular flexibility index (Phi) is 5.18. The number of aromatic nitrogens is 2. The highest BCUT2D eigenvalue weighted by atomic mass is 16.2. The molecule has 7 heteroatoms. The summed E-state index contributed by atoms with van der Waals surface area (Å²) in [7, 11) is 0. The summed E-state index contributed by atoms with van der Waals surface area (Å²) in [5.74, 6) is 0.590. The summed E-state index contributed by atoms with van der Waals surface area (Å²) in [6.45, 7) is 8.30. The van der Waals surface area contributed by atoms with Crippen molar-refractivity contribution in [1.29, 1.82) is 0 Å². The van der Waals surface area contributed by atoms with E-state index in [9.17, 15) is 9.59 Å². The first-order valence-corrected chi connectivity index (χ1v) is 7.70. The average Bonchev–Trinajstić information content (AvgIpc) is 2.89. The van der Waals surface area contributed by atoms with Crippen molar-refractivity contribution in [1.82, 2.24) is 19.4 Å². The predicted octanol–water partition coefficient (Wildman–Crippen LogP) is -0.0119. The molecular weight excluding hydrogens is 282 g/mol. The summed E-state index contributed by atoms with van der Waals surface area (Å²) in [4.78, 5) is 32.0. The summed E-state index contributed by atoms with van der Waals surface area (Å²) in [5, 5.41) is 0. The van der Waals surface area contributed by atoms with E-state index in [0.717, 1.165) is 5.82 Å². The molecule has 122 valence electrons. The van der Waals surface area contributed by atoms with E-state index in [2.05, 4.69) is 9.88 Å². The Bertz CT molecular complexity index is 540. The molecule has 2 heterocycles. The van der Waals surface area contributed by atoms with Crippen LogP contribution in [0, 0.1) is 6.92 Å². The third kappa shape index (κ3) is 3.65. The number of carbonyl (C=O) groups excluding carboxylic acids is 2. The van der Waals surface area contributed by atoms with Gasteiger partial charge in [0.15, 0.2) is 0 Å². The van der Waals surface area contributed by atoms with Crippen molar-refractivity contribution >= 4 is 11.8 Å². The zero-order chi connectivity index (χ0) is 16.3. The Morgan fingerprint density at radius 3 is 2.68 bits per heavy atom. The van der Waals surface area contributed by atoms with Crippen LogP contribution in [0.5, 0.6) is 0 Å². The molecular formula is C15H25N5O2. The number of rotatable bonds is 5. The number of nitrogens with two attached hydrogens (primary N) is 1. The molecule has 2 N–H and O–H groups in total. The Hall–Kier alpha value is -1.89. The lowest BCUT2D eigenvalue weighted by Gasteiger charge is -2.42. The number of piperazine rings is 1. The summed E-state index contributed by atoms with van der Waals surface area (Å²) < 4.78 is 1.95. The fourth-order valence-corrected chi connectivity index (χ4v) is 2.91. The molecule has 1 fully saturated rings. The smallest absolute Gasteiger partial charge is 0.236 e. The minimum atomic E-state index is -0.396. The fourth-order valence-electron chi connectivity index (χ4n) is 2.91. The zero-order valence-corrected chi connectivity index (χ0v) is 13.5. The molecule has 1 aliphatic heterocycles. The van der Waals surface area contributed by atoms with Gasteiger partial charge in [0.1, 0.15) is 11.9 Å². The van der Waals surface area contributed by atoms with Gasteiger partial charge in [-0.05, 0) is 20.8 Å². The lowest BCUT2D eigenvalue weighted by molar-refractivity contribution is -0.138. The largest absolute Gasteiger partial charge is 0.368 e. The molecule has 0 spiro atoms. The first-order chi connectivity index (χ1) is 10.4. The normalized spacial score (nSPS) is 19.6. The first kappa shape index (κ1) is 16.5. The van der Waals surface area contributed by atoms with Crippen molar-refractivity contribution in [2.75, 3.05) is 19.6 Å². The van der Waals surface area contributed by atoms with Crippen molar-refractivity contribution in [3.63, 3.8) is 0 Å². The third-order valence-electron chi connectivity index (χ3n) is 4.26. The van der Waals surface area contributed by atoms with Crippen molar-refractivity contribution < 1.29 is 9.59 Å². The van der Waals surface area contributed by atoms with Crippen LogP contribution in [0.2, 0.25) is 0 Å². The molecule has 1 aromatic rings. The molecule has 22 heavy (non-hydrogen) atoms. The maximum atomic E-state index is 12.4. The van der Waals surface area contributed by atoms with E-state index in [1.54, 1.807) is 11.1 Å². The quantitative estimate of drug-likeness (QED) is 0.829. The van der Waals surface area contributed by atoms with E-state index in [4.69, 9.17) is 5.73 Å². The summed E-state index contributed by atoms with van der Waals surface area (Å²) in [6, 6.07) is -0.156. The van der Waals surface area contributed by atoms with Gasteiger partial charge >= 0.3 is 0 Å². The van der Waals surface area contributed by atoms with E-state index in [0.29, 0.717) is 32.6 Å². The number of primary amides is 1. The number of aryl methyl sites for hydroxylation is 2. The molecule has 2 amide bonds. The summed E-state index contributed by atoms with van der Waals surface area (Å²) in [5.41, 5.74) is 5.50. The minimum absolute atomic E-state index is 0.0581. The van der Waals surface area contributed by atoms with Crippen LogP contribution < -0.4 is 5.73 Å². The Labute approximate surface area is 131 Å². The Morgan fingerprint density at radius 1 is 1.41 bits per heavy atom. The van der Waals surface area contributed by atoms with Gasteiger partial charge in [-0.1, -0.05) is 0 Å². The molecule has 7 nitrogen and oxygen atoms in total. The lowest BCUT2D eigenvalue weighted by Crippen LogP contribution is -2.61. The molecule has 0 unspecified atom stereocenters. The van der Waals surface area contributed by atoms with E-state index < -0.39 is 6.04 Å². The average molecular weight is 307 g/mol. The second-order valence-corrected chi connectivity index (χ2v) is 6.01. The monoisotopic (exact) mass is 307 g/mol. The topological polar surface area (TPSA) is 84.5 Å². The maximum Gasteiger partial charge on any atom is 0.236 e. The van der Waals surface area contributed by atoms with Gasteiger partial charge in [-0.15, -0.1) is 0 Å². The molecule has 0 saturated carbocycles. The molecule has 1 aliphatic rings. The highest BCUT2D eigenvalue weighted by Gasteiger charge is 2.34. The van der Waals surface area contributed by atoms with Crippen LogP contribution >= 0.6 is 0 Å². The number of hydrogen-bond donors (Lipinski definition) is 1. The van der Waals surface area contributed by atoms with Crippen molar-refractivity contribution in [3.05, 3.63) is 18.2 Å². The van der Waals surface area contributed by atoms with Crippen LogP contribution in [0.1, 0.15) is 26.1 Å². The molecule has 1 saturated heterocycles. The highest BCUT2D eigenvalue weighted by molar-refractivity contribution is 5.82. The highest BCUT2D eigenvalue weighted by Crippen LogP contribution is 2.14. The predicted molar refractivity (Wildman–Crippen MR) is 83.0 cm³/mol. The molecule has 0 radical (unpaired) electrons. The van der Waals surface area contributed by atoms with E-state index in [1.165, 1.54) is 0 Å².